The molecule has 1 aromatic heterocycles. The van der Waals surface area contributed by atoms with Crippen LogP contribution in [0.25, 0.3) is 10.2 Å². The molecule has 0 radical (unpaired) electrons. The standard InChI is InChI=1S/C19H19FN2O2S/c1-4-22-17-15(24-3)10-5-12(2)18(17)25-19(22)21-16(23)11-13-6-8-14(20)9-7-13/h5-10H,4,11H2,1-3H3. The molecule has 0 fully saturated rings. The second-order valence-corrected chi connectivity index (χ2v) is 6.68. The highest BCUT2D eigenvalue weighted by atomic mass is 32.1. The Morgan fingerprint density at radius 3 is 2.60 bits per heavy atom. The second kappa shape index (κ2) is 7.19. The van der Waals surface area contributed by atoms with Crippen molar-refractivity contribution in [1.82, 2.24) is 4.57 Å². The first-order valence-corrected chi connectivity index (χ1v) is 8.84. The summed E-state index contributed by atoms with van der Waals surface area (Å²) in [5.74, 6) is 0.201. The number of rotatable bonds is 4. The molecule has 0 aliphatic carbocycles. The van der Waals surface area contributed by atoms with E-state index in [0.717, 1.165) is 27.1 Å². The summed E-state index contributed by atoms with van der Waals surface area (Å²) in [6, 6.07) is 9.84. The summed E-state index contributed by atoms with van der Waals surface area (Å²) in [5.41, 5.74) is 2.83. The van der Waals surface area contributed by atoms with Crippen molar-refractivity contribution in [2.24, 2.45) is 4.99 Å². The molecule has 1 heterocycles. The van der Waals surface area contributed by atoms with Gasteiger partial charge in [0.2, 0.25) is 0 Å². The molecule has 3 aromatic rings. The number of ether oxygens (including phenoxy) is 1. The first kappa shape index (κ1) is 17.4. The Morgan fingerprint density at radius 2 is 1.96 bits per heavy atom. The average molecular weight is 358 g/mol. The molecule has 3 rings (SSSR count). The van der Waals surface area contributed by atoms with Crippen molar-refractivity contribution in [3.05, 3.63) is 58.1 Å². The van der Waals surface area contributed by atoms with Crippen LogP contribution >= 0.6 is 11.3 Å². The van der Waals surface area contributed by atoms with Gasteiger partial charge in [-0.25, -0.2) is 4.39 Å². The molecular formula is C19H19FN2O2S. The lowest BCUT2D eigenvalue weighted by molar-refractivity contribution is -0.117. The number of methoxy groups -OCH3 is 1. The highest BCUT2D eigenvalue weighted by Crippen LogP contribution is 2.30. The Labute approximate surface area is 149 Å². The fourth-order valence-corrected chi connectivity index (χ4v) is 3.94. The van der Waals surface area contributed by atoms with E-state index in [4.69, 9.17) is 4.74 Å². The van der Waals surface area contributed by atoms with Crippen LogP contribution in [0.3, 0.4) is 0 Å². The number of halogens is 1. The minimum atomic E-state index is -0.316. The van der Waals surface area contributed by atoms with Crippen LogP contribution in [0.15, 0.2) is 41.4 Å². The zero-order valence-electron chi connectivity index (χ0n) is 14.4. The molecule has 0 spiro atoms. The van der Waals surface area contributed by atoms with Gasteiger partial charge in [-0.3, -0.25) is 4.79 Å². The van der Waals surface area contributed by atoms with E-state index in [-0.39, 0.29) is 18.1 Å². The zero-order valence-corrected chi connectivity index (χ0v) is 15.2. The number of aromatic nitrogens is 1. The van der Waals surface area contributed by atoms with Gasteiger partial charge in [0, 0.05) is 6.54 Å². The molecule has 1 amide bonds. The van der Waals surface area contributed by atoms with Crippen molar-refractivity contribution in [2.75, 3.05) is 7.11 Å². The van der Waals surface area contributed by atoms with Crippen LogP contribution in [0.1, 0.15) is 18.1 Å². The highest BCUT2D eigenvalue weighted by molar-refractivity contribution is 7.16. The predicted octanol–water partition coefficient (Wildman–Crippen LogP) is 3.85. The lowest BCUT2D eigenvalue weighted by Crippen LogP contribution is -2.16. The third-order valence-corrected chi connectivity index (χ3v) is 5.22. The van der Waals surface area contributed by atoms with Crippen molar-refractivity contribution < 1.29 is 13.9 Å². The van der Waals surface area contributed by atoms with Crippen LogP contribution in [0.4, 0.5) is 4.39 Å². The number of nitrogens with zero attached hydrogens (tertiary/aromatic N) is 2. The normalized spacial score (nSPS) is 11.9. The van der Waals surface area contributed by atoms with E-state index in [2.05, 4.69) is 4.99 Å². The molecular weight excluding hydrogens is 339 g/mol. The molecule has 6 heteroatoms. The largest absolute Gasteiger partial charge is 0.495 e. The van der Waals surface area contributed by atoms with Crippen molar-refractivity contribution in [3.8, 4) is 5.75 Å². The SMILES string of the molecule is CCn1c(=NC(=O)Cc2ccc(F)cc2)sc2c(C)ccc(OC)c21. The molecule has 0 aliphatic rings. The third-order valence-electron chi connectivity index (χ3n) is 4.01. The summed E-state index contributed by atoms with van der Waals surface area (Å²) in [7, 11) is 1.64. The molecule has 0 atom stereocenters. The van der Waals surface area contributed by atoms with E-state index in [1.165, 1.54) is 23.5 Å². The Balaban J connectivity index is 2.05. The molecule has 130 valence electrons. The van der Waals surface area contributed by atoms with Crippen molar-refractivity contribution in [3.63, 3.8) is 0 Å². The van der Waals surface area contributed by atoms with Crippen molar-refractivity contribution in [2.45, 2.75) is 26.8 Å². The number of fused-ring (bicyclic) bond motifs is 1. The summed E-state index contributed by atoms with van der Waals surface area (Å²) < 4.78 is 21.5. The maximum absolute atomic E-state index is 13.0. The summed E-state index contributed by atoms with van der Waals surface area (Å²) in [6.45, 7) is 4.72. The number of benzene rings is 2. The summed E-state index contributed by atoms with van der Waals surface area (Å²) in [4.78, 5) is 17.3. The minimum Gasteiger partial charge on any atom is -0.495 e. The van der Waals surface area contributed by atoms with Gasteiger partial charge in [0.05, 0.1) is 18.2 Å². The molecule has 0 bridgehead atoms. The summed E-state index contributed by atoms with van der Waals surface area (Å²) >= 11 is 1.48. The molecule has 0 aliphatic heterocycles. The maximum atomic E-state index is 13.0. The monoisotopic (exact) mass is 358 g/mol. The van der Waals surface area contributed by atoms with Crippen molar-refractivity contribution in [1.29, 1.82) is 0 Å². The van der Waals surface area contributed by atoms with Gasteiger partial charge in [-0.1, -0.05) is 29.5 Å². The van der Waals surface area contributed by atoms with Gasteiger partial charge in [-0.2, -0.15) is 4.99 Å². The van der Waals surface area contributed by atoms with Crippen LogP contribution in [0.2, 0.25) is 0 Å². The molecule has 0 saturated carbocycles. The fraction of sp³-hybridized carbons (Fsp3) is 0.263. The van der Waals surface area contributed by atoms with Crippen LogP contribution in [0.5, 0.6) is 5.75 Å². The Bertz CT molecular complexity index is 987. The molecule has 0 unspecified atom stereocenters. The van der Waals surface area contributed by atoms with Gasteiger partial charge in [0.1, 0.15) is 17.1 Å². The third kappa shape index (κ3) is 3.49. The van der Waals surface area contributed by atoms with E-state index < -0.39 is 0 Å². The van der Waals surface area contributed by atoms with E-state index in [1.54, 1.807) is 19.2 Å². The van der Waals surface area contributed by atoms with Gasteiger partial charge >= 0.3 is 0 Å². The highest BCUT2D eigenvalue weighted by Gasteiger charge is 2.13. The van der Waals surface area contributed by atoms with Gasteiger partial charge in [-0.05, 0) is 43.2 Å². The molecule has 0 saturated heterocycles. The van der Waals surface area contributed by atoms with Crippen LogP contribution in [0, 0.1) is 12.7 Å². The number of hydrogen-bond acceptors (Lipinski definition) is 3. The fourth-order valence-electron chi connectivity index (χ4n) is 2.74. The quantitative estimate of drug-likeness (QED) is 0.711. The lowest BCUT2D eigenvalue weighted by atomic mass is 10.1. The molecule has 0 N–H and O–H groups in total. The van der Waals surface area contributed by atoms with Crippen LogP contribution in [-0.2, 0) is 17.8 Å². The Morgan fingerprint density at radius 1 is 1.24 bits per heavy atom. The lowest BCUT2D eigenvalue weighted by Gasteiger charge is -2.07. The Kier molecular flexibility index (Phi) is 4.99. The van der Waals surface area contributed by atoms with E-state index in [1.807, 2.05) is 30.5 Å². The molecule has 2 aromatic carbocycles. The van der Waals surface area contributed by atoms with Crippen LogP contribution < -0.4 is 9.54 Å². The van der Waals surface area contributed by atoms with Gasteiger partial charge in [-0.15, -0.1) is 0 Å². The molecule has 4 nitrogen and oxygen atoms in total. The first-order chi connectivity index (χ1) is 12.0. The number of carbonyl (C=O) groups is 1. The number of hydrogen-bond donors (Lipinski definition) is 0. The first-order valence-electron chi connectivity index (χ1n) is 8.02. The van der Waals surface area contributed by atoms with E-state index >= 15 is 0 Å². The number of carbonyl (C=O) groups excluding carboxylic acids is 1. The number of thiazole rings is 1. The summed E-state index contributed by atoms with van der Waals surface area (Å²) in [6.07, 6.45) is 0.147. The van der Waals surface area contributed by atoms with Gasteiger partial charge < -0.3 is 9.30 Å². The number of amides is 1. The second-order valence-electron chi connectivity index (χ2n) is 5.70. The minimum absolute atomic E-state index is 0.147. The maximum Gasteiger partial charge on any atom is 0.252 e. The Hall–Kier alpha value is -2.47. The smallest absolute Gasteiger partial charge is 0.252 e. The van der Waals surface area contributed by atoms with Gasteiger partial charge in [0.15, 0.2) is 4.80 Å². The molecule has 25 heavy (non-hydrogen) atoms. The van der Waals surface area contributed by atoms with E-state index in [9.17, 15) is 9.18 Å². The number of aryl methyl sites for hydroxylation is 2. The topological polar surface area (TPSA) is 43.6 Å². The van der Waals surface area contributed by atoms with Crippen LogP contribution in [-0.4, -0.2) is 17.6 Å². The average Bonchev–Trinajstić information content (AvgIpc) is 2.96. The van der Waals surface area contributed by atoms with Gasteiger partial charge in [0.25, 0.3) is 5.91 Å². The zero-order chi connectivity index (χ0) is 18.0. The van der Waals surface area contributed by atoms with Crippen molar-refractivity contribution >= 4 is 27.5 Å². The predicted molar refractivity (Wildman–Crippen MR) is 97.5 cm³/mol. The van der Waals surface area contributed by atoms with E-state index in [0.29, 0.717) is 11.3 Å². The summed E-state index contributed by atoms with van der Waals surface area (Å²) in [5, 5.41) is 0.